The van der Waals surface area contributed by atoms with Gasteiger partial charge in [-0.1, -0.05) is 6.07 Å². The third kappa shape index (κ3) is 3.68. The van der Waals surface area contributed by atoms with Crippen LogP contribution in [0.15, 0.2) is 55.0 Å². The fourth-order valence-corrected chi connectivity index (χ4v) is 2.06. The lowest BCUT2D eigenvalue weighted by atomic mass is 10.2. The maximum atomic E-state index is 12.0. The van der Waals surface area contributed by atoms with Gasteiger partial charge in [0.05, 0.1) is 5.69 Å². The number of hydrogen-bond acceptors (Lipinski definition) is 4. The lowest BCUT2D eigenvalue weighted by molar-refractivity contribution is -0.111. The number of H-pyrrole nitrogens is 1. The van der Waals surface area contributed by atoms with E-state index in [-0.39, 0.29) is 5.91 Å². The summed E-state index contributed by atoms with van der Waals surface area (Å²) in [7, 11) is 0. The minimum Gasteiger partial charge on any atom is -0.306 e. The van der Waals surface area contributed by atoms with E-state index in [4.69, 9.17) is 0 Å². The topological polar surface area (TPSA) is 83.6 Å². The predicted molar refractivity (Wildman–Crippen MR) is 88.5 cm³/mol. The summed E-state index contributed by atoms with van der Waals surface area (Å²) in [4.78, 5) is 20.2. The highest BCUT2D eigenvalue weighted by atomic mass is 16.1. The summed E-state index contributed by atoms with van der Waals surface area (Å²) < 4.78 is 0. The maximum absolute atomic E-state index is 12.0. The quantitative estimate of drug-likeness (QED) is 0.726. The molecule has 23 heavy (non-hydrogen) atoms. The van der Waals surface area contributed by atoms with E-state index in [0.29, 0.717) is 5.82 Å². The Morgan fingerprint density at radius 3 is 2.91 bits per heavy atom. The second-order valence-corrected chi connectivity index (χ2v) is 4.91. The Kier molecular flexibility index (Phi) is 4.24. The lowest BCUT2D eigenvalue weighted by Crippen LogP contribution is -2.08. The summed E-state index contributed by atoms with van der Waals surface area (Å²) in [5.41, 5.74) is 3.47. The smallest absolute Gasteiger partial charge is 0.249 e. The number of rotatable bonds is 4. The number of aryl methyl sites for hydroxylation is 1. The Morgan fingerprint density at radius 1 is 1.26 bits per heavy atom. The van der Waals surface area contributed by atoms with Crippen molar-refractivity contribution < 1.29 is 4.79 Å². The van der Waals surface area contributed by atoms with Gasteiger partial charge in [-0.3, -0.25) is 19.9 Å². The minimum atomic E-state index is -0.252. The van der Waals surface area contributed by atoms with Crippen LogP contribution in [0.4, 0.5) is 5.82 Å². The molecule has 0 atom stereocenters. The molecule has 0 spiro atoms. The van der Waals surface area contributed by atoms with E-state index in [9.17, 15) is 4.79 Å². The van der Waals surface area contributed by atoms with Crippen LogP contribution in [-0.2, 0) is 4.79 Å². The lowest BCUT2D eigenvalue weighted by Gasteiger charge is -1.98. The van der Waals surface area contributed by atoms with E-state index >= 15 is 0 Å². The van der Waals surface area contributed by atoms with E-state index in [1.165, 1.54) is 6.08 Å². The van der Waals surface area contributed by atoms with Crippen molar-refractivity contribution in [2.24, 2.45) is 0 Å². The molecular weight excluding hydrogens is 290 g/mol. The zero-order chi connectivity index (χ0) is 16.1. The number of hydrogen-bond donors (Lipinski definition) is 2. The highest BCUT2D eigenvalue weighted by Crippen LogP contribution is 2.18. The first kappa shape index (κ1) is 14.6. The summed E-state index contributed by atoms with van der Waals surface area (Å²) in [6.07, 6.45) is 8.34. The van der Waals surface area contributed by atoms with E-state index in [1.807, 2.05) is 31.2 Å². The van der Waals surface area contributed by atoms with Crippen LogP contribution < -0.4 is 5.32 Å². The van der Waals surface area contributed by atoms with Crippen LogP contribution in [0.3, 0.4) is 0 Å². The summed E-state index contributed by atoms with van der Waals surface area (Å²) in [5, 5.41) is 9.66. The van der Waals surface area contributed by atoms with Gasteiger partial charge in [-0.15, -0.1) is 0 Å². The van der Waals surface area contributed by atoms with Crippen molar-refractivity contribution in [3.8, 4) is 11.3 Å². The molecule has 6 heteroatoms. The van der Waals surface area contributed by atoms with Gasteiger partial charge >= 0.3 is 0 Å². The summed E-state index contributed by atoms with van der Waals surface area (Å²) >= 11 is 0. The number of carbonyl (C=O) groups excluding carboxylic acids is 1. The van der Waals surface area contributed by atoms with Gasteiger partial charge in [0.1, 0.15) is 0 Å². The molecule has 0 unspecified atom stereocenters. The molecule has 3 aromatic rings. The number of aromatic amines is 1. The number of aromatic nitrogens is 4. The van der Waals surface area contributed by atoms with E-state index < -0.39 is 0 Å². The number of pyridine rings is 2. The second kappa shape index (κ2) is 6.65. The second-order valence-electron chi connectivity index (χ2n) is 4.91. The van der Waals surface area contributed by atoms with Gasteiger partial charge in [0.2, 0.25) is 5.91 Å². The van der Waals surface area contributed by atoms with E-state index in [1.54, 1.807) is 30.7 Å². The van der Waals surface area contributed by atoms with E-state index in [2.05, 4.69) is 25.5 Å². The van der Waals surface area contributed by atoms with Crippen LogP contribution >= 0.6 is 0 Å². The summed E-state index contributed by atoms with van der Waals surface area (Å²) in [6, 6.07) is 9.25. The minimum absolute atomic E-state index is 0.252. The Labute approximate surface area is 133 Å². The van der Waals surface area contributed by atoms with Gasteiger partial charge in [-0.2, -0.15) is 5.10 Å². The van der Waals surface area contributed by atoms with Gasteiger partial charge in [-0.25, -0.2) is 0 Å². The molecule has 114 valence electrons. The third-order valence-electron chi connectivity index (χ3n) is 3.26. The monoisotopic (exact) mass is 305 g/mol. The fourth-order valence-electron chi connectivity index (χ4n) is 2.06. The Morgan fingerprint density at radius 2 is 2.13 bits per heavy atom. The van der Waals surface area contributed by atoms with Crippen LogP contribution in [0.25, 0.3) is 17.3 Å². The largest absolute Gasteiger partial charge is 0.306 e. The molecule has 2 N–H and O–H groups in total. The maximum Gasteiger partial charge on any atom is 0.249 e. The molecule has 3 heterocycles. The van der Waals surface area contributed by atoms with Crippen molar-refractivity contribution in [1.29, 1.82) is 0 Å². The van der Waals surface area contributed by atoms with Crippen LogP contribution in [0, 0.1) is 6.92 Å². The van der Waals surface area contributed by atoms with Crippen LogP contribution in [-0.4, -0.2) is 26.1 Å². The zero-order valence-corrected chi connectivity index (χ0v) is 12.5. The average Bonchev–Trinajstić information content (AvgIpc) is 3.03. The van der Waals surface area contributed by atoms with Crippen LogP contribution in [0.1, 0.15) is 11.3 Å². The molecular formula is C17H15N5O. The first-order chi connectivity index (χ1) is 11.2. The molecule has 0 saturated heterocycles. The highest BCUT2D eigenvalue weighted by molar-refractivity contribution is 6.01. The third-order valence-corrected chi connectivity index (χ3v) is 3.26. The van der Waals surface area contributed by atoms with Crippen LogP contribution in [0.2, 0.25) is 0 Å². The van der Waals surface area contributed by atoms with Crippen molar-refractivity contribution in [3.63, 3.8) is 0 Å². The number of nitrogens with zero attached hydrogens (tertiary/aromatic N) is 3. The molecule has 3 aromatic heterocycles. The first-order valence-electron chi connectivity index (χ1n) is 7.09. The SMILES string of the molecule is Cc1ncccc1/C=C/C(=O)Nc1cc(-c2cccnc2)[nH]n1. The Hall–Kier alpha value is -3.28. The molecule has 0 radical (unpaired) electrons. The predicted octanol–water partition coefficient (Wildman–Crippen LogP) is 2.83. The molecule has 0 saturated carbocycles. The summed E-state index contributed by atoms with van der Waals surface area (Å²) in [5.74, 6) is 0.207. The van der Waals surface area contributed by atoms with Gasteiger partial charge in [-0.05, 0) is 36.8 Å². The Balaban J connectivity index is 1.67. The van der Waals surface area contributed by atoms with Crippen LogP contribution in [0.5, 0.6) is 0 Å². The van der Waals surface area contributed by atoms with Crippen molar-refractivity contribution >= 4 is 17.8 Å². The molecule has 6 nitrogen and oxygen atoms in total. The molecule has 0 fully saturated rings. The van der Waals surface area contributed by atoms with Crippen molar-refractivity contribution in [3.05, 3.63) is 66.3 Å². The average molecular weight is 305 g/mol. The van der Waals surface area contributed by atoms with Gasteiger partial charge < -0.3 is 5.32 Å². The van der Waals surface area contributed by atoms with E-state index in [0.717, 1.165) is 22.5 Å². The molecule has 3 rings (SSSR count). The van der Waals surface area contributed by atoms with Gasteiger partial charge in [0.15, 0.2) is 5.82 Å². The Bertz CT molecular complexity index is 839. The molecule has 0 bridgehead atoms. The molecule has 0 aliphatic carbocycles. The number of carbonyl (C=O) groups is 1. The number of anilines is 1. The zero-order valence-electron chi connectivity index (χ0n) is 12.5. The number of amides is 1. The first-order valence-corrected chi connectivity index (χ1v) is 7.09. The fraction of sp³-hybridized carbons (Fsp3) is 0.0588. The molecule has 0 aliphatic heterocycles. The highest BCUT2D eigenvalue weighted by Gasteiger charge is 2.05. The van der Waals surface area contributed by atoms with Crippen molar-refractivity contribution in [1.82, 2.24) is 20.2 Å². The molecule has 0 aromatic carbocycles. The normalized spacial score (nSPS) is 10.8. The van der Waals surface area contributed by atoms with Gasteiger partial charge in [0.25, 0.3) is 0 Å². The summed E-state index contributed by atoms with van der Waals surface area (Å²) in [6.45, 7) is 1.89. The standard InChI is InChI=1S/C17H15N5O/c1-12-13(4-3-9-19-12)6-7-17(23)20-16-10-15(21-22-16)14-5-2-8-18-11-14/h2-11H,1H3,(H2,20,21,22,23)/b7-6+. The molecule has 1 amide bonds. The number of nitrogens with one attached hydrogen (secondary N) is 2. The molecule has 0 aliphatic rings. The van der Waals surface area contributed by atoms with Gasteiger partial charge in [0, 0.05) is 42.0 Å². The van der Waals surface area contributed by atoms with Crippen molar-refractivity contribution in [2.45, 2.75) is 6.92 Å². The van der Waals surface area contributed by atoms with Crippen molar-refractivity contribution in [2.75, 3.05) is 5.32 Å².